The van der Waals surface area contributed by atoms with Gasteiger partial charge in [0.05, 0.1) is 0 Å². The molecule has 1 heterocycles. The highest BCUT2D eigenvalue weighted by molar-refractivity contribution is 5.14. The molecule has 1 nitrogen and oxygen atoms in total. The predicted octanol–water partition coefficient (Wildman–Crippen LogP) is 6.68. The monoisotopic (exact) mass is 352 g/mol. The van der Waals surface area contributed by atoms with Crippen molar-refractivity contribution in [1.82, 2.24) is 0 Å². The summed E-state index contributed by atoms with van der Waals surface area (Å²) in [4.78, 5) is 0. The maximum atomic E-state index is 2.32. The van der Waals surface area contributed by atoms with Crippen LogP contribution in [-0.4, -0.2) is 0 Å². The van der Waals surface area contributed by atoms with Gasteiger partial charge >= 0.3 is 0 Å². The Morgan fingerprint density at radius 1 is 0.577 bits per heavy atom. The van der Waals surface area contributed by atoms with Gasteiger partial charge in [-0.1, -0.05) is 88.6 Å². The summed E-state index contributed by atoms with van der Waals surface area (Å²) < 4.78 is 2.32. The van der Waals surface area contributed by atoms with Gasteiger partial charge in [0, 0.05) is 18.6 Å². The van der Waals surface area contributed by atoms with Crippen LogP contribution in [0.3, 0.4) is 0 Å². The van der Waals surface area contributed by atoms with E-state index in [4.69, 9.17) is 0 Å². The third kappa shape index (κ3) is 9.17. The van der Waals surface area contributed by atoms with E-state index < -0.39 is 0 Å². The minimum Gasteiger partial charge on any atom is -0.205 e. The highest BCUT2D eigenvalue weighted by atomic mass is 14.9. The molecule has 0 unspecified atom stereocenters. The molecule has 0 spiro atoms. The minimum atomic E-state index is 1.10. The largest absolute Gasteiger partial charge is 0.205 e. The van der Waals surface area contributed by atoms with E-state index in [9.17, 15) is 0 Å². The van der Waals surface area contributed by atoms with Crippen LogP contribution in [-0.2, 0) is 19.4 Å². The molecule has 2 rings (SSSR count). The van der Waals surface area contributed by atoms with Crippen LogP contribution in [0, 0.1) is 0 Å². The average molecular weight is 353 g/mol. The Kier molecular flexibility index (Phi) is 10.8. The summed E-state index contributed by atoms with van der Waals surface area (Å²) in [6.07, 6.45) is 20.8. The fraction of sp³-hybridized carbons (Fsp3) is 0.560. The maximum absolute atomic E-state index is 2.32. The molecule has 0 N–H and O–H groups in total. The minimum absolute atomic E-state index is 1.10. The number of unbranched alkanes of at least 4 members (excludes halogenated alkanes) is 8. The maximum Gasteiger partial charge on any atom is 0.169 e. The van der Waals surface area contributed by atoms with Gasteiger partial charge in [0.2, 0.25) is 0 Å². The first-order valence-corrected chi connectivity index (χ1v) is 10.9. The molecular formula is C25H38N+. The normalized spacial score (nSPS) is 11.0. The van der Waals surface area contributed by atoms with Crippen LogP contribution >= 0.6 is 0 Å². The summed E-state index contributed by atoms with van der Waals surface area (Å²) >= 11 is 0. The lowest BCUT2D eigenvalue weighted by atomic mass is 10.0. The van der Waals surface area contributed by atoms with Crippen molar-refractivity contribution in [3.05, 3.63) is 66.0 Å². The summed E-state index contributed by atoms with van der Waals surface area (Å²) in [5.41, 5.74) is 2.93. The van der Waals surface area contributed by atoms with E-state index in [1.807, 2.05) is 0 Å². The zero-order valence-corrected chi connectivity index (χ0v) is 16.8. The second-order valence-corrected chi connectivity index (χ2v) is 7.61. The van der Waals surface area contributed by atoms with Crippen molar-refractivity contribution < 1.29 is 4.57 Å². The third-order valence-corrected chi connectivity index (χ3v) is 5.25. The smallest absolute Gasteiger partial charge is 0.169 e. The first kappa shape index (κ1) is 20.7. The Bertz CT molecular complexity index is 558. The lowest BCUT2D eigenvalue weighted by Gasteiger charge is -2.03. The molecule has 0 saturated carbocycles. The number of aromatic nitrogens is 1. The van der Waals surface area contributed by atoms with Crippen LogP contribution in [0.5, 0.6) is 0 Å². The predicted molar refractivity (Wildman–Crippen MR) is 112 cm³/mol. The summed E-state index contributed by atoms with van der Waals surface area (Å²) in [6.45, 7) is 3.39. The summed E-state index contributed by atoms with van der Waals surface area (Å²) in [6, 6.07) is 15.4. The molecule has 0 aliphatic heterocycles. The SMILES string of the molecule is CCCCCCCCCCCc1cc[n+](CCCc2ccccc2)cc1. The van der Waals surface area contributed by atoms with Crippen LogP contribution in [0.4, 0.5) is 0 Å². The molecule has 0 aliphatic carbocycles. The summed E-state index contributed by atoms with van der Waals surface area (Å²) in [7, 11) is 0. The number of rotatable bonds is 14. The van der Waals surface area contributed by atoms with Crippen LogP contribution in [0.2, 0.25) is 0 Å². The number of benzene rings is 1. The van der Waals surface area contributed by atoms with Crippen LogP contribution < -0.4 is 4.57 Å². The number of nitrogens with zero attached hydrogens (tertiary/aromatic N) is 1. The lowest BCUT2D eigenvalue weighted by molar-refractivity contribution is -0.697. The van der Waals surface area contributed by atoms with E-state index in [1.165, 1.54) is 81.8 Å². The van der Waals surface area contributed by atoms with Gasteiger partial charge in [-0.3, -0.25) is 0 Å². The van der Waals surface area contributed by atoms with Gasteiger partial charge in [0.15, 0.2) is 12.4 Å². The van der Waals surface area contributed by atoms with Gasteiger partial charge in [0.1, 0.15) is 6.54 Å². The molecule has 0 amide bonds. The Balaban J connectivity index is 1.52. The van der Waals surface area contributed by atoms with E-state index in [2.05, 4.69) is 66.3 Å². The highest BCUT2D eigenvalue weighted by Crippen LogP contribution is 2.11. The van der Waals surface area contributed by atoms with Gasteiger partial charge in [-0.25, -0.2) is 4.57 Å². The molecule has 0 radical (unpaired) electrons. The molecule has 0 aliphatic rings. The number of aryl methyl sites for hydroxylation is 3. The van der Waals surface area contributed by atoms with Gasteiger partial charge in [-0.2, -0.15) is 0 Å². The van der Waals surface area contributed by atoms with E-state index in [-0.39, 0.29) is 0 Å². The van der Waals surface area contributed by atoms with Crippen molar-refractivity contribution >= 4 is 0 Å². The molecule has 1 heteroatoms. The zero-order chi connectivity index (χ0) is 18.3. The first-order valence-electron chi connectivity index (χ1n) is 10.9. The van der Waals surface area contributed by atoms with Crippen LogP contribution in [0.1, 0.15) is 82.3 Å². The number of hydrogen-bond donors (Lipinski definition) is 0. The molecule has 1 aromatic carbocycles. The second kappa shape index (κ2) is 13.6. The topological polar surface area (TPSA) is 3.88 Å². The van der Waals surface area contributed by atoms with Crippen molar-refractivity contribution in [3.63, 3.8) is 0 Å². The molecule has 26 heavy (non-hydrogen) atoms. The van der Waals surface area contributed by atoms with Gasteiger partial charge < -0.3 is 0 Å². The number of hydrogen-bond acceptors (Lipinski definition) is 0. The standard InChI is InChI=1S/C25H38N/c1-2-3-4-5-6-7-8-9-11-17-25-19-22-26(23-20-25)21-14-18-24-15-12-10-13-16-24/h10,12-13,15-16,19-20,22-23H,2-9,11,14,17-18,21H2,1H3/q+1. The summed E-state index contributed by atoms with van der Waals surface area (Å²) in [5.74, 6) is 0. The van der Waals surface area contributed by atoms with Crippen molar-refractivity contribution in [1.29, 1.82) is 0 Å². The molecule has 1 aromatic heterocycles. The molecule has 2 aromatic rings. The Morgan fingerprint density at radius 2 is 1.12 bits per heavy atom. The zero-order valence-electron chi connectivity index (χ0n) is 16.8. The molecule has 0 atom stereocenters. The van der Waals surface area contributed by atoms with Gasteiger partial charge in [-0.15, -0.1) is 0 Å². The Labute approximate surface area is 161 Å². The fourth-order valence-electron chi connectivity index (χ4n) is 3.55. The summed E-state index contributed by atoms with van der Waals surface area (Å²) in [5, 5.41) is 0. The second-order valence-electron chi connectivity index (χ2n) is 7.61. The molecule has 0 fully saturated rings. The first-order chi connectivity index (χ1) is 12.9. The molecule has 142 valence electrons. The van der Waals surface area contributed by atoms with Gasteiger partial charge in [0.25, 0.3) is 0 Å². The lowest BCUT2D eigenvalue weighted by Crippen LogP contribution is -2.32. The van der Waals surface area contributed by atoms with Crippen LogP contribution in [0.15, 0.2) is 54.9 Å². The molecule has 0 saturated heterocycles. The van der Waals surface area contributed by atoms with E-state index >= 15 is 0 Å². The quantitative estimate of drug-likeness (QED) is 0.264. The van der Waals surface area contributed by atoms with Crippen LogP contribution in [0.25, 0.3) is 0 Å². The fourth-order valence-corrected chi connectivity index (χ4v) is 3.55. The van der Waals surface area contributed by atoms with Gasteiger partial charge in [-0.05, 0) is 30.4 Å². The van der Waals surface area contributed by atoms with Crippen molar-refractivity contribution in [3.8, 4) is 0 Å². The van der Waals surface area contributed by atoms with Crippen molar-refractivity contribution in [2.45, 2.75) is 90.5 Å². The molecule has 0 bridgehead atoms. The van der Waals surface area contributed by atoms with E-state index in [0.29, 0.717) is 0 Å². The van der Waals surface area contributed by atoms with E-state index in [1.54, 1.807) is 0 Å². The Hall–Kier alpha value is -1.63. The van der Waals surface area contributed by atoms with E-state index in [0.717, 1.165) is 13.0 Å². The Morgan fingerprint density at radius 3 is 1.77 bits per heavy atom. The average Bonchev–Trinajstić information content (AvgIpc) is 2.69. The van der Waals surface area contributed by atoms with Crippen molar-refractivity contribution in [2.24, 2.45) is 0 Å². The molecular weight excluding hydrogens is 314 g/mol. The third-order valence-electron chi connectivity index (χ3n) is 5.25. The highest BCUT2D eigenvalue weighted by Gasteiger charge is 2.02. The van der Waals surface area contributed by atoms with Crippen molar-refractivity contribution in [2.75, 3.05) is 0 Å². The number of pyridine rings is 1.